The van der Waals surface area contributed by atoms with Gasteiger partial charge in [0.2, 0.25) is 5.91 Å². The van der Waals surface area contributed by atoms with Crippen LogP contribution in [0.4, 0.5) is 4.79 Å². The molecule has 2 aromatic carbocycles. The van der Waals surface area contributed by atoms with E-state index in [9.17, 15) is 14.4 Å². The number of hydrogen-bond acceptors (Lipinski definition) is 4. The van der Waals surface area contributed by atoms with E-state index in [0.717, 1.165) is 0 Å². The molecule has 1 heterocycles. The summed E-state index contributed by atoms with van der Waals surface area (Å²) < 4.78 is 5.22. The Hall–Kier alpha value is -3.35. The Balaban J connectivity index is 1.38. The van der Waals surface area contributed by atoms with Crippen LogP contribution in [0.25, 0.3) is 0 Å². The Morgan fingerprint density at radius 3 is 2.18 bits per heavy atom. The highest BCUT2D eigenvalue weighted by molar-refractivity contribution is 5.96. The third-order valence-corrected chi connectivity index (χ3v) is 4.56. The van der Waals surface area contributed by atoms with Gasteiger partial charge in [-0.3, -0.25) is 9.59 Å². The minimum Gasteiger partial charge on any atom is -0.410 e. The van der Waals surface area contributed by atoms with Crippen LogP contribution in [0.3, 0.4) is 0 Å². The van der Waals surface area contributed by atoms with Gasteiger partial charge < -0.3 is 20.3 Å². The van der Waals surface area contributed by atoms with Gasteiger partial charge in [-0.2, -0.15) is 0 Å². The molecular formula is C21H23N3O4. The first-order chi connectivity index (χ1) is 13.6. The van der Waals surface area contributed by atoms with E-state index in [0.29, 0.717) is 37.2 Å². The van der Waals surface area contributed by atoms with Crippen LogP contribution in [-0.4, -0.2) is 48.5 Å². The molecule has 1 saturated heterocycles. The minimum atomic E-state index is -0.494. The van der Waals surface area contributed by atoms with Gasteiger partial charge in [-0.1, -0.05) is 36.4 Å². The predicted molar refractivity (Wildman–Crippen MR) is 104 cm³/mol. The number of benzene rings is 2. The molecule has 2 N–H and O–H groups in total. The van der Waals surface area contributed by atoms with E-state index >= 15 is 0 Å². The number of hydrogen-bond donors (Lipinski definition) is 2. The fourth-order valence-electron chi connectivity index (χ4n) is 3.02. The molecule has 0 unspecified atom stereocenters. The molecule has 0 spiro atoms. The van der Waals surface area contributed by atoms with Gasteiger partial charge in [0.1, 0.15) is 5.75 Å². The number of carbonyl (C=O) groups excluding carboxylic acids is 3. The van der Waals surface area contributed by atoms with Gasteiger partial charge in [-0.05, 0) is 37.1 Å². The molecule has 7 nitrogen and oxygen atoms in total. The normalized spacial score (nSPS) is 14.2. The molecule has 1 aliphatic heterocycles. The second kappa shape index (κ2) is 9.55. The molecule has 7 heteroatoms. The second-order valence-corrected chi connectivity index (χ2v) is 6.55. The summed E-state index contributed by atoms with van der Waals surface area (Å²) in [5.74, 6) is 0.0884. The average molecular weight is 381 g/mol. The van der Waals surface area contributed by atoms with E-state index in [-0.39, 0.29) is 24.4 Å². The first-order valence-electron chi connectivity index (χ1n) is 9.26. The SMILES string of the molecule is O=C(NC1CCN(C(=O)CNC(=O)c2ccccc2)CC1)Oc1ccccc1. The Bertz CT molecular complexity index is 803. The molecule has 28 heavy (non-hydrogen) atoms. The van der Waals surface area contributed by atoms with Crippen LogP contribution in [0, 0.1) is 0 Å². The summed E-state index contributed by atoms with van der Waals surface area (Å²) in [5, 5.41) is 5.48. The lowest BCUT2D eigenvalue weighted by atomic mass is 10.1. The summed E-state index contributed by atoms with van der Waals surface area (Å²) >= 11 is 0. The number of nitrogens with zero attached hydrogens (tertiary/aromatic N) is 1. The highest BCUT2D eigenvalue weighted by Gasteiger charge is 2.24. The van der Waals surface area contributed by atoms with E-state index in [1.54, 1.807) is 53.4 Å². The number of carbonyl (C=O) groups is 3. The Labute approximate surface area is 163 Å². The molecule has 1 fully saturated rings. The van der Waals surface area contributed by atoms with E-state index in [1.807, 2.05) is 12.1 Å². The zero-order valence-electron chi connectivity index (χ0n) is 15.5. The fourth-order valence-corrected chi connectivity index (χ4v) is 3.02. The van der Waals surface area contributed by atoms with E-state index < -0.39 is 6.09 Å². The van der Waals surface area contributed by atoms with Gasteiger partial charge in [0, 0.05) is 24.7 Å². The van der Waals surface area contributed by atoms with Crippen molar-refractivity contribution < 1.29 is 19.1 Å². The lowest BCUT2D eigenvalue weighted by Crippen LogP contribution is -2.49. The Kier molecular flexibility index (Phi) is 6.62. The van der Waals surface area contributed by atoms with Crippen molar-refractivity contribution >= 4 is 17.9 Å². The third kappa shape index (κ3) is 5.57. The van der Waals surface area contributed by atoms with Gasteiger partial charge in [0.15, 0.2) is 0 Å². The quantitative estimate of drug-likeness (QED) is 0.831. The van der Waals surface area contributed by atoms with Crippen molar-refractivity contribution in [1.29, 1.82) is 0 Å². The molecule has 0 atom stereocenters. The van der Waals surface area contributed by atoms with Crippen molar-refractivity contribution in [2.45, 2.75) is 18.9 Å². The molecule has 0 aromatic heterocycles. The highest BCUT2D eigenvalue weighted by atomic mass is 16.6. The Morgan fingerprint density at radius 1 is 0.929 bits per heavy atom. The van der Waals surface area contributed by atoms with Crippen molar-refractivity contribution in [1.82, 2.24) is 15.5 Å². The number of rotatable bonds is 5. The van der Waals surface area contributed by atoms with Crippen molar-refractivity contribution in [3.8, 4) is 5.75 Å². The van der Waals surface area contributed by atoms with Gasteiger partial charge in [-0.15, -0.1) is 0 Å². The van der Waals surface area contributed by atoms with E-state index in [2.05, 4.69) is 10.6 Å². The van der Waals surface area contributed by atoms with Gasteiger partial charge in [0.05, 0.1) is 6.54 Å². The van der Waals surface area contributed by atoms with Crippen molar-refractivity contribution in [2.24, 2.45) is 0 Å². The maximum Gasteiger partial charge on any atom is 0.412 e. The second-order valence-electron chi connectivity index (χ2n) is 6.55. The van der Waals surface area contributed by atoms with Crippen molar-refractivity contribution in [3.05, 3.63) is 66.2 Å². The molecule has 0 bridgehead atoms. The molecule has 146 valence electrons. The minimum absolute atomic E-state index is 0.0398. The number of likely N-dealkylation sites (tertiary alicyclic amines) is 1. The number of para-hydroxylation sites is 1. The summed E-state index contributed by atoms with van der Waals surface area (Å²) in [7, 11) is 0. The summed E-state index contributed by atoms with van der Waals surface area (Å²) in [6.07, 6.45) is 0.788. The maximum atomic E-state index is 12.3. The van der Waals surface area contributed by atoms with Crippen LogP contribution in [0.1, 0.15) is 23.2 Å². The zero-order chi connectivity index (χ0) is 19.8. The standard InChI is InChI=1S/C21H23N3O4/c25-19(15-22-20(26)16-7-3-1-4-8-16)24-13-11-17(12-14-24)23-21(27)28-18-9-5-2-6-10-18/h1-10,17H,11-15H2,(H,22,26)(H,23,27). The Morgan fingerprint density at radius 2 is 1.54 bits per heavy atom. The lowest BCUT2D eigenvalue weighted by molar-refractivity contribution is -0.131. The van der Waals surface area contributed by atoms with Gasteiger partial charge in [0.25, 0.3) is 5.91 Å². The monoisotopic (exact) mass is 381 g/mol. The van der Waals surface area contributed by atoms with E-state index in [1.165, 1.54) is 0 Å². The molecule has 3 amide bonds. The molecule has 1 aliphatic rings. The summed E-state index contributed by atoms with van der Waals surface area (Å²) in [4.78, 5) is 38.0. The largest absolute Gasteiger partial charge is 0.412 e. The van der Waals surface area contributed by atoms with Crippen LogP contribution in [0.15, 0.2) is 60.7 Å². The molecule has 0 radical (unpaired) electrons. The third-order valence-electron chi connectivity index (χ3n) is 4.56. The fraction of sp³-hybridized carbons (Fsp3) is 0.286. The number of piperidine rings is 1. The first kappa shape index (κ1) is 19.4. The number of amides is 3. The van der Waals surface area contributed by atoms with Crippen LogP contribution in [0.5, 0.6) is 5.75 Å². The zero-order valence-corrected chi connectivity index (χ0v) is 15.5. The molecule has 0 aliphatic carbocycles. The smallest absolute Gasteiger partial charge is 0.410 e. The highest BCUT2D eigenvalue weighted by Crippen LogP contribution is 2.12. The summed E-state index contributed by atoms with van der Waals surface area (Å²) in [6.45, 7) is 1.01. The predicted octanol–water partition coefficient (Wildman–Crippen LogP) is 2.20. The molecule has 0 saturated carbocycles. The number of ether oxygens (including phenoxy) is 1. The van der Waals surface area contributed by atoms with E-state index in [4.69, 9.17) is 4.74 Å². The molecule has 2 aromatic rings. The van der Waals surface area contributed by atoms with Crippen molar-refractivity contribution in [3.63, 3.8) is 0 Å². The summed E-state index contributed by atoms with van der Waals surface area (Å²) in [6, 6.07) is 17.6. The van der Waals surface area contributed by atoms with Gasteiger partial charge in [-0.25, -0.2) is 4.79 Å². The number of nitrogens with one attached hydrogen (secondary N) is 2. The van der Waals surface area contributed by atoms with Crippen LogP contribution in [0.2, 0.25) is 0 Å². The maximum absolute atomic E-state index is 12.3. The van der Waals surface area contributed by atoms with Crippen LogP contribution >= 0.6 is 0 Å². The first-order valence-corrected chi connectivity index (χ1v) is 9.26. The average Bonchev–Trinajstić information content (AvgIpc) is 2.73. The van der Waals surface area contributed by atoms with Crippen LogP contribution in [-0.2, 0) is 4.79 Å². The van der Waals surface area contributed by atoms with Gasteiger partial charge >= 0.3 is 6.09 Å². The lowest BCUT2D eigenvalue weighted by Gasteiger charge is -2.32. The van der Waals surface area contributed by atoms with Crippen molar-refractivity contribution in [2.75, 3.05) is 19.6 Å². The summed E-state index contributed by atoms with van der Waals surface area (Å²) in [5.41, 5.74) is 0.523. The molecular weight excluding hydrogens is 358 g/mol. The van der Waals surface area contributed by atoms with Crippen LogP contribution < -0.4 is 15.4 Å². The topological polar surface area (TPSA) is 87.7 Å². The molecule has 3 rings (SSSR count).